The zero-order valence-corrected chi connectivity index (χ0v) is 14.2. The lowest BCUT2D eigenvalue weighted by Crippen LogP contribution is -2.46. The Labute approximate surface area is 145 Å². The lowest BCUT2D eigenvalue weighted by molar-refractivity contribution is 0.250. The SMILES string of the molecule is COc1ccc(N2CCN(Cc3cccc4oc(=O)[nH]c34)CC2)cc1. The molecule has 1 aromatic heterocycles. The Bertz CT molecular complexity index is 906. The van der Waals surface area contributed by atoms with Gasteiger partial charge in [-0.05, 0) is 35.9 Å². The van der Waals surface area contributed by atoms with Gasteiger partial charge in [-0.1, -0.05) is 12.1 Å². The molecular formula is C19H21N3O3. The maximum absolute atomic E-state index is 11.4. The van der Waals surface area contributed by atoms with Gasteiger partial charge in [-0.3, -0.25) is 9.88 Å². The van der Waals surface area contributed by atoms with Crippen molar-refractivity contribution in [3.8, 4) is 5.75 Å². The van der Waals surface area contributed by atoms with Crippen molar-refractivity contribution in [2.75, 3.05) is 38.2 Å². The third-order valence-corrected chi connectivity index (χ3v) is 4.75. The van der Waals surface area contributed by atoms with Gasteiger partial charge >= 0.3 is 5.76 Å². The van der Waals surface area contributed by atoms with E-state index >= 15 is 0 Å². The predicted molar refractivity (Wildman–Crippen MR) is 97.3 cm³/mol. The van der Waals surface area contributed by atoms with Gasteiger partial charge in [0.2, 0.25) is 0 Å². The minimum Gasteiger partial charge on any atom is -0.497 e. The molecule has 1 saturated heterocycles. The highest BCUT2D eigenvalue weighted by atomic mass is 16.5. The lowest BCUT2D eigenvalue weighted by Gasteiger charge is -2.36. The van der Waals surface area contributed by atoms with Gasteiger partial charge < -0.3 is 14.1 Å². The molecular weight excluding hydrogens is 318 g/mol. The van der Waals surface area contributed by atoms with Gasteiger partial charge in [0.05, 0.1) is 12.6 Å². The number of anilines is 1. The Kier molecular flexibility index (Phi) is 4.19. The molecule has 2 heterocycles. The van der Waals surface area contributed by atoms with Crippen LogP contribution in [-0.4, -0.2) is 43.2 Å². The molecule has 0 aliphatic carbocycles. The standard InChI is InChI=1S/C19H21N3O3/c1-24-16-7-5-15(6-8-16)22-11-9-21(10-12-22)13-14-3-2-4-17-18(14)20-19(23)25-17/h2-8H,9-13H2,1H3,(H,20,23). The Morgan fingerprint density at radius 2 is 1.84 bits per heavy atom. The molecule has 0 radical (unpaired) electrons. The third kappa shape index (κ3) is 3.25. The van der Waals surface area contributed by atoms with Gasteiger partial charge in [0.1, 0.15) is 5.75 Å². The minimum atomic E-state index is -0.397. The highest BCUT2D eigenvalue weighted by Gasteiger charge is 2.18. The highest BCUT2D eigenvalue weighted by molar-refractivity contribution is 5.75. The summed E-state index contributed by atoms with van der Waals surface area (Å²) in [4.78, 5) is 19.0. The summed E-state index contributed by atoms with van der Waals surface area (Å²) in [6.45, 7) is 4.71. The summed E-state index contributed by atoms with van der Waals surface area (Å²) >= 11 is 0. The summed E-state index contributed by atoms with van der Waals surface area (Å²) in [7, 11) is 1.68. The molecule has 0 saturated carbocycles. The smallest absolute Gasteiger partial charge is 0.417 e. The Morgan fingerprint density at radius 3 is 2.56 bits per heavy atom. The molecule has 6 nitrogen and oxygen atoms in total. The largest absolute Gasteiger partial charge is 0.497 e. The van der Waals surface area contributed by atoms with E-state index in [0.717, 1.165) is 49.6 Å². The Balaban J connectivity index is 1.42. The van der Waals surface area contributed by atoms with Gasteiger partial charge in [-0.15, -0.1) is 0 Å². The summed E-state index contributed by atoms with van der Waals surface area (Å²) in [6, 6.07) is 14.0. The maximum Gasteiger partial charge on any atom is 0.417 e. The van der Waals surface area contributed by atoms with Crippen LogP contribution >= 0.6 is 0 Å². The number of H-pyrrole nitrogens is 1. The number of fused-ring (bicyclic) bond motifs is 1. The summed E-state index contributed by atoms with van der Waals surface area (Å²) in [5.41, 5.74) is 3.76. The number of para-hydroxylation sites is 1. The quantitative estimate of drug-likeness (QED) is 0.791. The topological polar surface area (TPSA) is 61.7 Å². The molecule has 2 aromatic carbocycles. The summed E-state index contributed by atoms with van der Waals surface area (Å²) in [6.07, 6.45) is 0. The molecule has 0 spiro atoms. The van der Waals surface area contributed by atoms with Crippen molar-refractivity contribution in [3.05, 3.63) is 58.6 Å². The summed E-state index contributed by atoms with van der Waals surface area (Å²) in [5, 5.41) is 0. The van der Waals surface area contributed by atoms with E-state index < -0.39 is 5.76 Å². The first-order valence-electron chi connectivity index (χ1n) is 8.45. The number of hydrogen-bond acceptors (Lipinski definition) is 5. The van der Waals surface area contributed by atoms with Crippen molar-refractivity contribution in [3.63, 3.8) is 0 Å². The van der Waals surface area contributed by atoms with Crippen molar-refractivity contribution in [1.29, 1.82) is 0 Å². The molecule has 0 amide bonds. The van der Waals surface area contributed by atoms with Crippen LogP contribution in [0.2, 0.25) is 0 Å². The second kappa shape index (κ2) is 6.64. The lowest BCUT2D eigenvalue weighted by atomic mass is 10.1. The second-order valence-electron chi connectivity index (χ2n) is 6.27. The monoisotopic (exact) mass is 339 g/mol. The van der Waals surface area contributed by atoms with E-state index in [2.05, 4.69) is 26.9 Å². The second-order valence-corrected chi connectivity index (χ2v) is 6.27. The number of oxazole rings is 1. The van der Waals surface area contributed by atoms with Crippen LogP contribution in [0.15, 0.2) is 51.7 Å². The molecule has 0 atom stereocenters. The average Bonchev–Trinajstić information content (AvgIpc) is 3.04. The van der Waals surface area contributed by atoms with E-state index in [4.69, 9.17) is 9.15 Å². The molecule has 6 heteroatoms. The minimum absolute atomic E-state index is 0.397. The van der Waals surface area contributed by atoms with Crippen LogP contribution in [0.25, 0.3) is 11.1 Å². The van der Waals surface area contributed by atoms with Crippen LogP contribution in [0.1, 0.15) is 5.56 Å². The van der Waals surface area contributed by atoms with Gasteiger partial charge in [-0.25, -0.2) is 4.79 Å². The van der Waals surface area contributed by atoms with E-state index in [1.165, 1.54) is 5.69 Å². The number of benzene rings is 2. The third-order valence-electron chi connectivity index (χ3n) is 4.75. The molecule has 3 aromatic rings. The fourth-order valence-corrected chi connectivity index (χ4v) is 3.36. The van der Waals surface area contributed by atoms with Gasteiger partial charge in [-0.2, -0.15) is 0 Å². The van der Waals surface area contributed by atoms with Crippen LogP contribution in [0.4, 0.5) is 5.69 Å². The number of nitrogens with one attached hydrogen (secondary N) is 1. The molecule has 1 fully saturated rings. The molecule has 4 rings (SSSR count). The van der Waals surface area contributed by atoms with E-state index in [1.54, 1.807) is 7.11 Å². The van der Waals surface area contributed by atoms with Crippen molar-refractivity contribution in [2.24, 2.45) is 0 Å². The Hall–Kier alpha value is -2.73. The van der Waals surface area contributed by atoms with Crippen molar-refractivity contribution in [2.45, 2.75) is 6.54 Å². The Morgan fingerprint density at radius 1 is 1.08 bits per heavy atom. The number of methoxy groups -OCH3 is 1. The normalized spacial score (nSPS) is 15.6. The van der Waals surface area contributed by atoms with Gasteiger partial charge in [0.25, 0.3) is 0 Å². The average molecular weight is 339 g/mol. The molecule has 1 N–H and O–H groups in total. The maximum atomic E-state index is 11.4. The fraction of sp³-hybridized carbons (Fsp3) is 0.316. The van der Waals surface area contributed by atoms with Gasteiger partial charge in [0.15, 0.2) is 5.58 Å². The molecule has 0 unspecified atom stereocenters. The van der Waals surface area contributed by atoms with E-state index in [9.17, 15) is 4.79 Å². The fourth-order valence-electron chi connectivity index (χ4n) is 3.36. The predicted octanol–water partition coefficient (Wildman–Crippen LogP) is 2.45. The van der Waals surface area contributed by atoms with Crippen molar-refractivity contribution < 1.29 is 9.15 Å². The number of hydrogen-bond donors (Lipinski definition) is 1. The van der Waals surface area contributed by atoms with E-state index in [-0.39, 0.29) is 0 Å². The first kappa shape index (κ1) is 15.8. The first-order chi connectivity index (χ1) is 12.2. The van der Waals surface area contributed by atoms with Crippen LogP contribution in [-0.2, 0) is 6.54 Å². The highest BCUT2D eigenvalue weighted by Crippen LogP contribution is 2.22. The summed E-state index contributed by atoms with van der Waals surface area (Å²) in [5.74, 6) is 0.483. The van der Waals surface area contributed by atoms with Crippen LogP contribution in [0, 0.1) is 0 Å². The van der Waals surface area contributed by atoms with Crippen LogP contribution in [0.5, 0.6) is 5.75 Å². The number of nitrogens with zero attached hydrogens (tertiary/aromatic N) is 2. The first-order valence-corrected chi connectivity index (χ1v) is 8.45. The number of rotatable bonds is 4. The van der Waals surface area contributed by atoms with Gasteiger partial charge in [0, 0.05) is 38.4 Å². The zero-order chi connectivity index (χ0) is 17.2. The van der Waals surface area contributed by atoms with E-state index in [1.807, 2.05) is 30.3 Å². The van der Waals surface area contributed by atoms with Crippen LogP contribution < -0.4 is 15.4 Å². The molecule has 1 aliphatic heterocycles. The number of aromatic amines is 1. The molecule has 1 aliphatic rings. The van der Waals surface area contributed by atoms with Crippen molar-refractivity contribution >= 4 is 16.8 Å². The van der Waals surface area contributed by atoms with E-state index in [0.29, 0.717) is 5.58 Å². The number of piperazine rings is 1. The summed E-state index contributed by atoms with van der Waals surface area (Å²) < 4.78 is 10.4. The van der Waals surface area contributed by atoms with Crippen molar-refractivity contribution in [1.82, 2.24) is 9.88 Å². The molecule has 130 valence electrons. The van der Waals surface area contributed by atoms with Crippen LogP contribution in [0.3, 0.4) is 0 Å². The number of ether oxygens (including phenoxy) is 1. The molecule has 0 bridgehead atoms. The molecule has 25 heavy (non-hydrogen) atoms. The zero-order valence-electron chi connectivity index (χ0n) is 14.2. The number of aromatic nitrogens is 1.